The topological polar surface area (TPSA) is 24.9 Å². The molecule has 0 radical (unpaired) electrons. The number of thioether (sulfide) groups is 2. The second-order valence-corrected chi connectivity index (χ2v) is 6.77. The van der Waals surface area contributed by atoms with Crippen LogP contribution in [-0.4, -0.2) is 34.0 Å². The summed E-state index contributed by atoms with van der Waals surface area (Å²) in [4.78, 5) is 4.36. The molecule has 0 unspecified atom stereocenters. The van der Waals surface area contributed by atoms with Crippen LogP contribution in [-0.2, 0) is 0 Å². The molecule has 0 saturated carbocycles. The zero-order valence-electron chi connectivity index (χ0n) is 10.5. The van der Waals surface area contributed by atoms with Gasteiger partial charge < -0.3 is 5.32 Å². The normalized spacial score (nSPS) is 19.9. The van der Waals surface area contributed by atoms with Crippen LogP contribution in [0.3, 0.4) is 0 Å². The lowest BCUT2D eigenvalue weighted by Crippen LogP contribution is -2.35. The second-order valence-electron chi connectivity index (χ2n) is 4.47. The maximum atomic E-state index is 4.36. The van der Waals surface area contributed by atoms with Crippen LogP contribution >= 0.6 is 23.5 Å². The molecular formula is C13H20N2S2. The van der Waals surface area contributed by atoms with Crippen molar-refractivity contribution in [1.29, 1.82) is 0 Å². The zero-order valence-corrected chi connectivity index (χ0v) is 12.1. The molecule has 17 heavy (non-hydrogen) atoms. The summed E-state index contributed by atoms with van der Waals surface area (Å²) in [5.41, 5.74) is 2.37. The summed E-state index contributed by atoms with van der Waals surface area (Å²) in [5, 5.41) is 3.71. The Kier molecular flexibility index (Phi) is 5.19. The van der Waals surface area contributed by atoms with E-state index in [0.29, 0.717) is 12.1 Å². The molecule has 94 valence electrons. The van der Waals surface area contributed by atoms with Crippen molar-refractivity contribution in [2.45, 2.75) is 25.9 Å². The third kappa shape index (κ3) is 4.19. The fourth-order valence-electron chi connectivity index (χ4n) is 1.90. The van der Waals surface area contributed by atoms with Gasteiger partial charge in [-0.05, 0) is 25.5 Å². The molecule has 0 aliphatic carbocycles. The Hall–Kier alpha value is -0.190. The highest BCUT2D eigenvalue weighted by molar-refractivity contribution is 8.03. The first-order chi connectivity index (χ1) is 8.25. The molecule has 0 bridgehead atoms. The van der Waals surface area contributed by atoms with E-state index in [1.54, 1.807) is 0 Å². The quantitative estimate of drug-likeness (QED) is 0.911. The van der Waals surface area contributed by atoms with Crippen molar-refractivity contribution >= 4 is 23.5 Å². The van der Waals surface area contributed by atoms with Crippen LogP contribution in [0.25, 0.3) is 0 Å². The van der Waals surface area contributed by atoms with Gasteiger partial charge in [0.25, 0.3) is 0 Å². The van der Waals surface area contributed by atoms with E-state index in [2.05, 4.69) is 52.9 Å². The molecular weight excluding hydrogens is 248 g/mol. The van der Waals surface area contributed by atoms with E-state index in [1.165, 1.54) is 28.6 Å². The summed E-state index contributed by atoms with van der Waals surface area (Å²) in [6, 6.07) is 5.29. The average molecular weight is 268 g/mol. The first kappa shape index (κ1) is 13.2. The van der Waals surface area contributed by atoms with E-state index in [0.717, 1.165) is 5.69 Å². The maximum absolute atomic E-state index is 4.36. The minimum Gasteiger partial charge on any atom is -0.306 e. The first-order valence-corrected chi connectivity index (χ1v) is 8.41. The summed E-state index contributed by atoms with van der Waals surface area (Å²) in [6.07, 6.45) is 1.99. The number of pyridine rings is 1. The summed E-state index contributed by atoms with van der Waals surface area (Å²) in [6.45, 7) is 4.26. The molecule has 2 heterocycles. The molecule has 2 rings (SSSR count). The van der Waals surface area contributed by atoms with Crippen LogP contribution in [0.1, 0.15) is 24.2 Å². The molecule has 1 aliphatic rings. The monoisotopic (exact) mass is 268 g/mol. The van der Waals surface area contributed by atoms with Gasteiger partial charge in [0.2, 0.25) is 0 Å². The van der Waals surface area contributed by atoms with Gasteiger partial charge in [-0.3, -0.25) is 4.98 Å². The van der Waals surface area contributed by atoms with Gasteiger partial charge in [-0.2, -0.15) is 23.5 Å². The fourth-order valence-corrected chi connectivity index (χ4v) is 4.32. The van der Waals surface area contributed by atoms with E-state index >= 15 is 0 Å². The Balaban J connectivity index is 1.91. The van der Waals surface area contributed by atoms with Crippen molar-refractivity contribution in [3.8, 4) is 0 Å². The zero-order chi connectivity index (χ0) is 12.1. The molecule has 1 aromatic heterocycles. The highest BCUT2D eigenvalue weighted by Gasteiger charge is 2.15. The highest BCUT2D eigenvalue weighted by Crippen LogP contribution is 2.19. The van der Waals surface area contributed by atoms with Gasteiger partial charge in [0, 0.05) is 47.0 Å². The van der Waals surface area contributed by atoms with Gasteiger partial charge in [0.1, 0.15) is 0 Å². The van der Waals surface area contributed by atoms with Gasteiger partial charge in [-0.25, -0.2) is 0 Å². The lowest BCUT2D eigenvalue weighted by Gasteiger charge is -2.21. The van der Waals surface area contributed by atoms with E-state index < -0.39 is 0 Å². The van der Waals surface area contributed by atoms with E-state index in [4.69, 9.17) is 0 Å². The standard InChI is InChI=1S/C13H20N2S2/c1-10-3-4-12(7-14-10)11(2)15-13-8-16-5-6-17-9-13/h3-4,7,11,13,15H,5-6,8-9H2,1-2H3/t11-/m1/s1. The molecule has 0 aromatic carbocycles. The lowest BCUT2D eigenvalue weighted by molar-refractivity contribution is 0.515. The average Bonchev–Trinajstić information content (AvgIpc) is 2.58. The Morgan fingerprint density at radius 1 is 1.29 bits per heavy atom. The van der Waals surface area contributed by atoms with Crippen molar-refractivity contribution < 1.29 is 0 Å². The van der Waals surface area contributed by atoms with Crippen LogP contribution < -0.4 is 5.32 Å². The van der Waals surface area contributed by atoms with Gasteiger partial charge in [-0.1, -0.05) is 6.07 Å². The number of hydrogen-bond acceptors (Lipinski definition) is 4. The molecule has 1 aromatic rings. The van der Waals surface area contributed by atoms with Crippen molar-refractivity contribution in [2.24, 2.45) is 0 Å². The number of hydrogen-bond donors (Lipinski definition) is 1. The van der Waals surface area contributed by atoms with Crippen molar-refractivity contribution in [3.63, 3.8) is 0 Å². The summed E-state index contributed by atoms with van der Waals surface area (Å²) < 4.78 is 0. The summed E-state index contributed by atoms with van der Waals surface area (Å²) >= 11 is 4.13. The number of aromatic nitrogens is 1. The Labute approximate surface area is 112 Å². The third-order valence-electron chi connectivity index (χ3n) is 2.93. The number of aryl methyl sites for hydroxylation is 1. The number of nitrogens with zero attached hydrogens (tertiary/aromatic N) is 1. The van der Waals surface area contributed by atoms with Crippen molar-refractivity contribution in [3.05, 3.63) is 29.6 Å². The Morgan fingerprint density at radius 3 is 2.59 bits per heavy atom. The minimum absolute atomic E-state index is 0.396. The van der Waals surface area contributed by atoms with Crippen LogP contribution in [0.2, 0.25) is 0 Å². The molecule has 1 aliphatic heterocycles. The molecule has 0 amide bonds. The van der Waals surface area contributed by atoms with Crippen molar-refractivity contribution in [1.82, 2.24) is 10.3 Å². The summed E-state index contributed by atoms with van der Waals surface area (Å²) in [5.74, 6) is 5.06. The van der Waals surface area contributed by atoms with E-state index in [9.17, 15) is 0 Å². The minimum atomic E-state index is 0.396. The number of rotatable bonds is 3. The number of nitrogens with one attached hydrogen (secondary N) is 1. The SMILES string of the molecule is Cc1ccc([C@@H](C)NC2CSCCSC2)cn1. The van der Waals surface area contributed by atoms with Crippen LogP contribution in [0.5, 0.6) is 0 Å². The van der Waals surface area contributed by atoms with E-state index in [1.807, 2.05) is 13.1 Å². The van der Waals surface area contributed by atoms with Crippen LogP contribution in [0, 0.1) is 6.92 Å². The predicted molar refractivity (Wildman–Crippen MR) is 79.0 cm³/mol. The highest BCUT2D eigenvalue weighted by atomic mass is 32.2. The molecule has 2 nitrogen and oxygen atoms in total. The maximum Gasteiger partial charge on any atom is 0.0372 e. The molecule has 1 fully saturated rings. The molecule has 4 heteroatoms. The van der Waals surface area contributed by atoms with Crippen molar-refractivity contribution in [2.75, 3.05) is 23.0 Å². The third-order valence-corrected chi connectivity index (χ3v) is 5.45. The summed E-state index contributed by atoms with van der Waals surface area (Å²) in [7, 11) is 0. The largest absolute Gasteiger partial charge is 0.306 e. The Morgan fingerprint density at radius 2 is 2.00 bits per heavy atom. The molecule has 0 spiro atoms. The Bertz CT molecular complexity index is 332. The first-order valence-electron chi connectivity index (χ1n) is 6.10. The van der Waals surface area contributed by atoms with Gasteiger partial charge in [-0.15, -0.1) is 0 Å². The van der Waals surface area contributed by atoms with Gasteiger partial charge >= 0.3 is 0 Å². The molecule has 1 N–H and O–H groups in total. The smallest absolute Gasteiger partial charge is 0.0372 e. The molecule has 1 saturated heterocycles. The van der Waals surface area contributed by atoms with E-state index in [-0.39, 0.29) is 0 Å². The fraction of sp³-hybridized carbons (Fsp3) is 0.615. The lowest BCUT2D eigenvalue weighted by atomic mass is 10.1. The second kappa shape index (κ2) is 6.66. The van der Waals surface area contributed by atoms with Crippen LogP contribution in [0.4, 0.5) is 0 Å². The molecule has 1 atom stereocenters. The van der Waals surface area contributed by atoms with Crippen LogP contribution in [0.15, 0.2) is 18.3 Å². The van der Waals surface area contributed by atoms with Gasteiger partial charge in [0.15, 0.2) is 0 Å². The predicted octanol–water partition coefficient (Wildman–Crippen LogP) is 2.89. The van der Waals surface area contributed by atoms with Gasteiger partial charge in [0.05, 0.1) is 0 Å².